The molecule has 0 aromatic carbocycles. The number of pyridine rings is 1. The monoisotopic (exact) mass is 300 g/mol. The first kappa shape index (κ1) is 12.8. The van der Waals surface area contributed by atoms with E-state index in [1.54, 1.807) is 23.0 Å². The standard InChI is InChI=1S/C16H16N2O2S/c1-18-8-13(11-6-3-7-12(11)16(18)19)14-15(17-9-21-14)20-10-4-2-5-10/h3,6,8-10H,2,4-5,7H2,1H3. The van der Waals surface area contributed by atoms with E-state index in [9.17, 15) is 4.79 Å². The Morgan fingerprint density at radius 1 is 1.43 bits per heavy atom. The van der Waals surface area contributed by atoms with Crippen molar-refractivity contribution >= 4 is 17.4 Å². The molecule has 2 aliphatic rings. The van der Waals surface area contributed by atoms with Crippen LogP contribution in [0.3, 0.4) is 0 Å². The summed E-state index contributed by atoms with van der Waals surface area (Å²) in [6.07, 6.45) is 10.5. The molecular weight excluding hydrogens is 284 g/mol. The maximum atomic E-state index is 12.2. The van der Waals surface area contributed by atoms with Gasteiger partial charge in [0.25, 0.3) is 5.56 Å². The summed E-state index contributed by atoms with van der Waals surface area (Å²) in [5, 5.41) is 0. The number of thiazole rings is 1. The Balaban J connectivity index is 1.82. The second kappa shape index (κ2) is 4.84. The molecule has 0 radical (unpaired) electrons. The highest BCUT2D eigenvalue weighted by molar-refractivity contribution is 7.13. The Morgan fingerprint density at radius 3 is 3.05 bits per heavy atom. The lowest BCUT2D eigenvalue weighted by Crippen LogP contribution is -2.25. The van der Waals surface area contributed by atoms with Crippen LogP contribution in [0.15, 0.2) is 22.6 Å². The van der Waals surface area contributed by atoms with Crippen LogP contribution in [0, 0.1) is 0 Å². The fourth-order valence-electron chi connectivity index (χ4n) is 2.82. The predicted octanol–water partition coefficient (Wildman–Crippen LogP) is 3.01. The lowest BCUT2D eigenvalue weighted by Gasteiger charge is -2.25. The van der Waals surface area contributed by atoms with Crippen LogP contribution in [0.4, 0.5) is 0 Å². The fraction of sp³-hybridized carbons (Fsp3) is 0.375. The van der Waals surface area contributed by atoms with Crippen molar-refractivity contribution in [2.24, 2.45) is 7.05 Å². The minimum Gasteiger partial charge on any atom is -0.473 e. The van der Waals surface area contributed by atoms with Gasteiger partial charge in [-0.05, 0) is 31.2 Å². The Kier molecular flexibility index (Phi) is 2.96. The summed E-state index contributed by atoms with van der Waals surface area (Å²) >= 11 is 1.57. The molecular formula is C16H16N2O2S. The number of hydrogen-bond donors (Lipinski definition) is 0. The maximum Gasteiger partial charge on any atom is 0.254 e. The van der Waals surface area contributed by atoms with Crippen molar-refractivity contribution in [2.75, 3.05) is 0 Å². The van der Waals surface area contributed by atoms with E-state index in [-0.39, 0.29) is 5.56 Å². The van der Waals surface area contributed by atoms with Crippen molar-refractivity contribution in [1.82, 2.24) is 9.55 Å². The summed E-state index contributed by atoms with van der Waals surface area (Å²) in [5.74, 6) is 0.714. The van der Waals surface area contributed by atoms with Crippen molar-refractivity contribution in [2.45, 2.75) is 31.8 Å². The maximum absolute atomic E-state index is 12.2. The van der Waals surface area contributed by atoms with Gasteiger partial charge in [-0.15, -0.1) is 11.3 Å². The first-order valence-electron chi connectivity index (χ1n) is 7.23. The van der Waals surface area contributed by atoms with Gasteiger partial charge in [0.05, 0.1) is 5.51 Å². The average molecular weight is 300 g/mol. The summed E-state index contributed by atoms with van der Waals surface area (Å²) < 4.78 is 7.65. The van der Waals surface area contributed by atoms with Gasteiger partial charge in [0.2, 0.25) is 5.88 Å². The molecule has 2 aromatic rings. The van der Waals surface area contributed by atoms with Crippen LogP contribution in [0.5, 0.6) is 5.88 Å². The molecule has 21 heavy (non-hydrogen) atoms. The average Bonchev–Trinajstić information content (AvgIpc) is 3.07. The second-order valence-corrected chi connectivity index (χ2v) is 6.47. The Hall–Kier alpha value is -1.88. The molecule has 0 N–H and O–H groups in total. The Morgan fingerprint density at radius 2 is 2.29 bits per heavy atom. The Labute approximate surface area is 126 Å². The van der Waals surface area contributed by atoms with Crippen molar-refractivity contribution in [3.63, 3.8) is 0 Å². The normalized spacial score (nSPS) is 16.8. The zero-order chi connectivity index (χ0) is 14.4. The van der Waals surface area contributed by atoms with Gasteiger partial charge >= 0.3 is 0 Å². The van der Waals surface area contributed by atoms with E-state index in [1.165, 1.54) is 6.42 Å². The van der Waals surface area contributed by atoms with Crippen LogP contribution in [0.1, 0.15) is 30.4 Å². The third-order valence-corrected chi connectivity index (χ3v) is 5.07. The number of nitrogens with zero attached hydrogens (tertiary/aromatic N) is 2. The van der Waals surface area contributed by atoms with Gasteiger partial charge in [-0.1, -0.05) is 12.2 Å². The van der Waals surface area contributed by atoms with Crippen molar-refractivity contribution < 1.29 is 4.74 Å². The Bertz CT molecular complexity index is 784. The number of hydrogen-bond acceptors (Lipinski definition) is 4. The van der Waals surface area contributed by atoms with Gasteiger partial charge in [-0.2, -0.15) is 0 Å². The lowest BCUT2D eigenvalue weighted by atomic mass is 9.96. The topological polar surface area (TPSA) is 44.1 Å². The van der Waals surface area contributed by atoms with E-state index in [4.69, 9.17) is 4.74 Å². The summed E-state index contributed by atoms with van der Waals surface area (Å²) in [5.41, 5.74) is 4.86. The molecule has 2 aromatic heterocycles. The second-order valence-electron chi connectivity index (χ2n) is 5.61. The van der Waals surface area contributed by atoms with Crippen molar-refractivity contribution in [1.29, 1.82) is 0 Å². The van der Waals surface area contributed by atoms with Gasteiger partial charge in [0.1, 0.15) is 11.0 Å². The fourth-order valence-corrected chi connectivity index (χ4v) is 3.57. The quantitative estimate of drug-likeness (QED) is 0.875. The van der Waals surface area contributed by atoms with E-state index < -0.39 is 0 Å². The molecule has 0 atom stereocenters. The largest absolute Gasteiger partial charge is 0.473 e. The van der Waals surface area contributed by atoms with Gasteiger partial charge in [-0.25, -0.2) is 4.98 Å². The zero-order valence-corrected chi connectivity index (χ0v) is 12.7. The first-order valence-corrected chi connectivity index (χ1v) is 8.11. The molecule has 0 bridgehead atoms. The zero-order valence-electron chi connectivity index (χ0n) is 11.8. The number of allylic oxidation sites excluding steroid dienone is 1. The van der Waals surface area contributed by atoms with Gasteiger partial charge in [-0.3, -0.25) is 4.79 Å². The molecule has 0 saturated heterocycles. The summed E-state index contributed by atoms with van der Waals surface area (Å²) in [6, 6.07) is 0. The highest BCUT2D eigenvalue weighted by Gasteiger charge is 2.24. The predicted molar refractivity (Wildman–Crippen MR) is 83.8 cm³/mol. The van der Waals surface area contributed by atoms with E-state index in [0.29, 0.717) is 18.4 Å². The minimum atomic E-state index is 0.0877. The molecule has 0 unspecified atom stereocenters. The van der Waals surface area contributed by atoms with E-state index in [0.717, 1.165) is 34.4 Å². The summed E-state index contributed by atoms with van der Waals surface area (Å²) in [7, 11) is 1.80. The molecule has 4 rings (SSSR count). The molecule has 108 valence electrons. The third kappa shape index (κ3) is 2.03. The van der Waals surface area contributed by atoms with Crippen LogP contribution in [-0.4, -0.2) is 15.7 Å². The molecule has 0 amide bonds. The summed E-state index contributed by atoms with van der Waals surface area (Å²) in [6.45, 7) is 0. The van der Waals surface area contributed by atoms with E-state index in [2.05, 4.69) is 4.98 Å². The molecule has 0 spiro atoms. The van der Waals surface area contributed by atoms with E-state index >= 15 is 0 Å². The summed E-state index contributed by atoms with van der Waals surface area (Å²) in [4.78, 5) is 17.6. The van der Waals surface area contributed by atoms with Crippen molar-refractivity contribution in [3.8, 4) is 16.3 Å². The SMILES string of the molecule is Cn1cc(-c2scnc2OC2CCC2)c2c(c1=O)CC=C2. The van der Waals surface area contributed by atoms with Crippen LogP contribution in [-0.2, 0) is 13.5 Å². The molecule has 2 heterocycles. The van der Waals surface area contributed by atoms with Crippen molar-refractivity contribution in [3.05, 3.63) is 39.3 Å². The highest BCUT2D eigenvalue weighted by Crippen LogP contribution is 2.39. The molecule has 0 aliphatic heterocycles. The minimum absolute atomic E-state index is 0.0877. The number of rotatable bonds is 3. The van der Waals surface area contributed by atoms with Gasteiger partial charge in [0.15, 0.2) is 0 Å². The number of aromatic nitrogens is 2. The van der Waals surface area contributed by atoms with Crippen LogP contribution in [0.25, 0.3) is 16.5 Å². The smallest absolute Gasteiger partial charge is 0.254 e. The molecule has 5 heteroatoms. The first-order chi connectivity index (χ1) is 10.2. The van der Waals surface area contributed by atoms with Crippen LogP contribution >= 0.6 is 11.3 Å². The molecule has 2 aliphatic carbocycles. The van der Waals surface area contributed by atoms with Crippen LogP contribution < -0.4 is 10.3 Å². The van der Waals surface area contributed by atoms with Gasteiger partial charge < -0.3 is 9.30 Å². The van der Waals surface area contributed by atoms with Crippen LogP contribution in [0.2, 0.25) is 0 Å². The molecule has 4 nitrogen and oxygen atoms in total. The lowest BCUT2D eigenvalue weighted by molar-refractivity contribution is 0.116. The highest BCUT2D eigenvalue weighted by atomic mass is 32.1. The number of aryl methyl sites for hydroxylation is 1. The third-order valence-electron chi connectivity index (χ3n) is 4.23. The number of fused-ring (bicyclic) bond motifs is 1. The molecule has 1 fully saturated rings. The van der Waals surface area contributed by atoms with E-state index in [1.807, 2.05) is 23.9 Å². The molecule has 1 saturated carbocycles. The number of ether oxygens (including phenoxy) is 1. The van der Waals surface area contributed by atoms with Gasteiger partial charge in [0, 0.05) is 24.4 Å².